The summed E-state index contributed by atoms with van der Waals surface area (Å²) < 4.78 is 16.2. The van der Waals surface area contributed by atoms with Crippen LogP contribution in [0.5, 0.6) is 0 Å². The number of benzene rings is 8. The van der Waals surface area contributed by atoms with E-state index in [2.05, 4.69) is 194 Å². The van der Waals surface area contributed by atoms with Gasteiger partial charge in [-0.25, -0.2) is 4.98 Å². The van der Waals surface area contributed by atoms with Crippen LogP contribution in [0.15, 0.2) is 180 Å². The van der Waals surface area contributed by atoms with Crippen molar-refractivity contribution in [2.24, 2.45) is 0 Å². The predicted octanol–water partition coefficient (Wildman–Crippen LogP) is 12.5. The summed E-state index contributed by atoms with van der Waals surface area (Å²) in [5, 5.41) is 7.01. The van der Waals surface area contributed by atoms with Crippen molar-refractivity contribution in [3.8, 4) is 17.1 Å². The van der Waals surface area contributed by atoms with E-state index in [-0.39, 0.29) is 0 Å². The maximum Gasteiger partial charge on any atom is 0.220 e. The Labute approximate surface area is 312 Å². The number of nitrogens with zero attached hydrogens (tertiary/aromatic N) is 5. The van der Waals surface area contributed by atoms with Crippen molar-refractivity contribution >= 4 is 93.4 Å². The number of hydrogen-bond acceptors (Lipinski definition) is 2. The molecule has 0 aliphatic carbocycles. The molecule has 5 heterocycles. The molecule has 0 bridgehead atoms. The average molecular weight is 704 g/mol. The maximum atomic E-state index is 6.93. The van der Waals surface area contributed by atoms with Gasteiger partial charge in [-0.3, -0.25) is 8.97 Å². The molecule has 6 heteroatoms. The lowest BCUT2D eigenvalue weighted by Crippen LogP contribution is -1.97. The topological polar surface area (TPSA) is 45.2 Å². The van der Waals surface area contributed by atoms with Crippen LogP contribution in [0.3, 0.4) is 0 Å². The first-order valence-corrected chi connectivity index (χ1v) is 18.7. The van der Waals surface area contributed by atoms with Crippen LogP contribution in [0.1, 0.15) is 0 Å². The smallest absolute Gasteiger partial charge is 0.220 e. The zero-order valence-corrected chi connectivity index (χ0v) is 29.4. The molecule has 0 amide bonds. The zero-order chi connectivity index (χ0) is 35.8. The van der Waals surface area contributed by atoms with Crippen molar-refractivity contribution < 1.29 is 4.42 Å². The third-order valence-corrected chi connectivity index (χ3v) is 11.6. The normalized spacial score (nSPS) is 12.4. The summed E-state index contributed by atoms with van der Waals surface area (Å²) in [6.45, 7) is 0. The minimum absolute atomic E-state index is 0.861. The van der Waals surface area contributed by atoms with Crippen LogP contribution in [0.25, 0.3) is 110 Å². The fourth-order valence-electron chi connectivity index (χ4n) is 9.32. The van der Waals surface area contributed by atoms with Gasteiger partial charge in [0.2, 0.25) is 5.78 Å². The second-order valence-electron chi connectivity index (χ2n) is 14.4. The van der Waals surface area contributed by atoms with E-state index in [1.807, 2.05) is 0 Å². The number of hydrogen-bond donors (Lipinski definition) is 0. The third-order valence-electron chi connectivity index (χ3n) is 11.6. The van der Waals surface area contributed by atoms with E-state index in [9.17, 15) is 0 Å². The Bertz CT molecular complexity index is 3680. The fraction of sp³-hybridized carbons (Fsp3) is 0. The molecule has 0 atom stereocenters. The highest BCUT2D eigenvalue weighted by Crippen LogP contribution is 2.42. The van der Waals surface area contributed by atoms with E-state index in [1.165, 1.54) is 32.6 Å². The number of fused-ring (bicyclic) bond motifs is 14. The van der Waals surface area contributed by atoms with E-state index in [4.69, 9.17) is 9.40 Å². The first-order valence-electron chi connectivity index (χ1n) is 18.7. The summed E-state index contributed by atoms with van der Waals surface area (Å²) in [4.78, 5) is 5.14. The van der Waals surface area contributed by atoms with Gasteiger partial charge in [0.05, 0.1) is 60.9 Å². The average Bonchev–Trinajstić information content (AvgIpc) is 4.04. The van der Waals surface area contributed by atoms with Crippen LogP contribution in [-0.2, 0) is 0 Å². The zero-order valence-electron chi connectivity index (χ0n) is 29.4. The molecule has 0 radical (unpaired) electrons. The summed E-state index contributed by atoms with van der Waals surface area (Å²) in [5.41, 5.74) is 13.8. The van der Waals surface area contributed by atoms with E-state index < -0.39 is 0 Å². The van der Waals surface area contributed by atoms with Gasteiger partial charge in [0.25, 0.3) is 0 Å². The molecule has 5 aromatic heterocycles. The van der Waals surface area contributed by atoms with Gasteiger partial charge in [0.1, 0.15) is 5.58 Å². The molecule has 6 nitrogen and oxygen atoms in total. The molecule has 256 valence electrons. The van der Waals surface area contributed by atoms with Crippen LogP contribution in [0, 0.1) is 0 Å². The summed E-state index contributed by atoms with van der Waals surface area (Å²) in [7, 11) is 0. The molecule has 55 heavy (non-hydrogen) atoms. The maximum absolute atomic E-state index is 6.93. The molecule has 0 aliphatic heterocycles. The van der Waals surface area contributed by atoms with Crippen LogP contribution < -0.4 is 0 Å². The van der Waals surface area contributed by atoms with Crippen molar-refractivity contribution in [1.29, 1.82) is 0 Å². The summed E-state index contributed by atoms with van der Waals surface area (Å²) in [5.74, 6) is 0.900. The SMILES string of the molecule is c1ccc2c(c1)nc1n(-c3ccc4c(c3)c3ccccc3n4-c3cccc4c3oc3cccc(-n5c6ccccc6c6ccccc65)c34)c3ccccc3n21. The summed E-state index contributed by atoms with van der Waals surface area (Å²) in [6.07, 6.45) is 0. The standard InChI is InChI=1S/C49H29N5O/c1-5-18-37-31(13-1)32-14-2-6-19-38(32)52(37)44-24-12-26-46-47(44)34-16-11-25-45(48(34)55-46)53-39-20-7-3-15-33(39)35-29-30(27-28-40(35)53)51-42-22-9-10-23-43(42)54-41-21-8-4-17-36(41)50-49(51)54/h1-29H. The molecule has 0 aliphatic rings. The van der Waals surface area contributed by atoms with Crippen molar-refractivity contribution in [1.82, 2.24) is 23.1 Å². The molecule has 0 N–H and O–H groups in total. The monoisotopic (exact) mass is 703 g/mol. The largest absolute Gasteiger partial charge is 0.454 e. The van der Waals surface area contributed by atoms with Gasteiger partial charge >= 0.3 is 0 Å². The molecular formula is C49H29N5O. The van der Waals surface area contributed by atoms with Crippen LogP contribution in [0.2, 0.25) is 0 Å². The highest BCUT2D eigenvalue weighted by molar-refractivity contribution is 6.17. The lowest BCUT2D eigenvalue weighted by molar-refractivity contribution is 0.666. The quantitative estimate of drug-likeness (QED) is 0.184. The Morgan fingerprint density at radius 1 is 0.382 bits per heavy atom. The summed E-state index contributed by atoms with van der Waals surface area (Å²) >= 11 is 0. The van der Waals surface area contributed by atoms with Gasteiger partial charge in [-0.1, -0.05) is 97.1 Å². The number of aromatic nitrogens is 5. The molecule has 13 aromatic rings. The first kappa shape index (κ1) is 28.9. The molecule has 0 fully saturated rings. The van der Waals surface area contributed by atoms with Crippen molar-refractivity contribution in [2.45, 2.75) is 0 Å². The minimum Gasteiger partial charge on any atom is -0.454 e. The Morgan fingerprint density at radius 3 is 1.67 bits per heavy atom. The predicted molar refractivity (Wildman–Crippen MR) is 225 cm³/mol. The Balaban J connectivity index is 1.07. The summed E-state index contributed by atoms with van der Waals surface area (Å²) in [6, 6.07) is 62.7. The van der Waals surface area contributed by atoms with E-state index in [1.54, 1.807) is 0 Å². The molecule has 8 aromatic carbocycles. The number of rotatable bonds is 3. The third kappa shape index (κ3) is 3.75. The van der Waals surface area contributed by atoms with Gasteiger partial charge in [-0.2, -0.15) is 0 Å². The second-order valence-corrected chi connectivity index (χ2v) is 14.4. The van der Waals surface area contributed by atoms with E-state index in [0.29, 0.717) is 0 Å². The molecule has 0 saturated carbocycles. The van der Waals surface area contributed by atoms with E-state index in [0.717, 1.165) is 77.9 Å². The van der Waals surface area contributed by atoms with Crippen molar-refractivity contribution in [2.75, 3.05) is 0 Å². The highest BCUT2D eigenvalue weighted by Gasteiger charge is 2.23. The van der Waals surface area contributed by atoms with Gasteiger partial charge in [0, 0.05) is 32.6 Å². The lowest BCUT2D eigenvalue weighted by atomic mass is 10.1. The minimum atomic E-state index is 0.861. The van der Waals surface area contributed by atoms with Crippen molar-refractivity contribution in [3.63, 3.8) is 0 Å². The molecule has 13 rings (SSSR count). The van der Waals surface area contributed by atoms with E-state index >= 15 is 0 Å². The molecule has 0 unspecified atom stereocenters. The van der Waals surface area contributed by atoms with Crippen LogP contribution >= 0.6 is 0 Å². The second kappa shape index (κ2) is 10.5. The Hall–Kier alpha value is -7.57. The fourth-order valence-corrected chi connectivity index (χ4v) is 9.32. The van der Waals surface area contributed by atoms with Gasteiger partial charge in [-0.15, -0.1) is 0 Å². The Morgan fingerprint density at radius 2 is 0.927 bits per heavy atom. The van der Waals surface area contributed by atoms with Gasteiger partial charge < -0.3 is 13.6 Å². The molecular weight excluding hydrogens is 675 g/mol. The van der Waals surface area contributed by atoms with Crippen LogP contribution in [-0.4, -0.2) is 23.1 Å². The van der Waals surface area contributed by atoms with Crippen molar-refractivity contribution in [3.05, 3.63) is 176 Å². The van der Waals surface area contributed by atoms with Gasteiger partial charge in [0.15, 0.2) is 5.58 Å². The van der Waals surface area contributed by atoms with Gasteiger partial charge in [-0.05, 0) is 78.9 Å². The van der Waals surface area contributed by atoms with Crippen LogP contribution in [0.4, 0.5) is 0 Å². The number of imidazole rings is 2. The highest BCUT2D eigenvalue weighted by atomic mass is 16.3. The molecule has 0 saturated heterocycles. The molecule has 0 spiro atoms. The first-order chi connectivity index (χ1) is 27.3. The lowest BCUT2D eigenvalue weighted by Gasteiger charge is -2.10. The number of para-hydroxylation sites is 8. The number of furan rings is 1. The Kier molecular flexibility index (Phi) is 5.54.